The van der Waals surface area contributed by atoms with Gasteiger partial charge in [-0.25, -0.2) is 4.79 Å². The number of hydrazine groups is 1. The molecule has 12 heteroatoms. The molecule has 184 valence electrons. The Morgan fingerprint density at radius 2 is 1.97 bits per heavy atom. The van der Waals surface area contributed by atoms with Gasteiger partial charge in [-0.2, -0.15) is 14.4 Å². The molecular formula is C21H33ClFN7O3. The third-order valence-electron chi connectivity index (χ3n) is 6.69. The Bertz CT molecular complexity index is 867. The molecule has 0 radical (unpaired) electrons. The zero-order valence-electron chi connectivity index (χ0n) is 19.3. The van der Waals surface area contributed by atoms with Crippen molar-refractivity contribution in [3.63, 3.8) is 0 Å². The maximum atomic E-state index is 15.3. The molecule has 2 amide bonds. The van der Waals surface area contributed by atoms with Crippen molar-refractivity contribution < 1.29 is 19.1 Å². The summed E-state index contributed by atoms with van der Waals surface area (Å²) < 4.78 is 15.3. The molecule has 4 N–H and O–H groups in total. The highest BCUT2D eigenvalue weighted by molar-refractivity contribution is 6.28. The summed E-state index contributed by atoms with van der Waals surface area (Å²) in [6.07, 6.45) is 3.62. The lowest BCUT2D eigenvalue weighted by Gasteiger charge is -2.45. The van der Waals surface area contributed by atoms with Gasteiger partial charge in [-0.3, -0.25) is 20.5 Å². The number of halogens is 2. The Hall–Kier alpha value is -2.40. The summed E-state index contributed by atoms with van der Waals surface area (Å²) >= 11 is 6.06. The standard InChI is InChI=1S/C21H33ClFN7O3/c1-21(2)12-30(9-8-29(21)3)17-15(23)16(25-19(22)26-17)27-28-18(31)14(11-24-20(32)33)10-13-6-4-5-7-13/h13-14,24H,4-12H2,1-3H3,(H,28,31)(H,32,33)(H,25,26,27)/t14-/m1/s1. The van der Waals surface area contributed by atoms with Crippen molar-refractivity contribution in [2.75, 3.05) is 43.6 Å². The van der Waals surface area contributed by atoms with E-state index in [9.17, 15) is 9.59 Å². The monoisotopic (exact) mass is 485 g/mol. The number of aromatic nitrogens is 2. The molecule has 0 unspecified atom stereocenters. The van der Waals surface area contributed by atoms with E-state index in [4.69, 9.17) is 16.7 Å². The van der Waals surface area contributed by atoms with Crippen LogP contribution in [0, 0.1) is 17.7 Å². The second-order valence-corrected chi connectivity index (χ2v) is 9.86. The molecule has 1 atom stereocenters. The van der Waals surface area contributed by atoms with E-state index in [1.807, 2.05) is 11.9 Å². The molecule has 1 saturated heterocycles. The van der Waals surface area contributed by atoms with Crippen LogP contribution in [-0.2, 0) is 4.79 Å². The number of likely N-dealkylation sites (N-methyl/N-ethyl adjacent to an activating group) is 1. The first kappa shape index (κ1) is 25.2. The highest BCUT2D eigenvalue weighted by Crippen LogP contribution is 2.31. The van der Waals surface area contributed by atoms with Crippen molar-refractivity contribution in [3.05, 3.63) is 11.1 Å². The minimum Gasteiger partial charge on any atom is -0.465 e. The van der Waals surface area contributed by atoms with Gasteiger partial charge in [-0.15, -0.1) is 0 Å². The lowest BCUT2D eigenvalue weighted by atomic mass is 9.92. The average molecular weight is 486 g/mol. The molecule has 3 rings (SSSR count). The Kier molecular flexibility index (Phi) is 8.17. The van der Waals surface area contributed by atoms with E-state index < -0.39 is 23.7 Å². The third kappa shape index (κ3) is 6.57. The molecule has 10 nitrogen and oxygen atoms in total. The number of nitrogens with one attached hydrogen (secondary N) is 3. The van der Waals surface area contributed by atoms with Gasteiger partial charge >= 0.3 is 6.09 Å². The maximum absolute atomic E-state index is 15.3. The summed E-state index contributed by atoms with van der Waals surface area (Å²) in [5, 5.41) is 11.1. The average Bonchev–Trinajstić information content (AvgIpc) is 3.26. The smallest absolute Gasteiger partial charge is 0.404 e. The second kappa shape index (κ2) is 10.7. The number of hydrogen-bond acceptors (Lipinski definition) is 7. The number of rotatable bonds is 8. The van der Waals surface area contributed by atoms with E-state index in [2.05, 4.69) is 44.9 Å². The van der Waals surface area contributed by atoms with E-state index in [1.165, 1.54) is 0 Å². The summed E-state index contributed by atoms with van der Waals surface area (Å²) in [5.74, 6) is -1.53. The topological polar surface area (TPSA) is 123 Å². The Morgan fingerprint density at radius 3 is 2.61 bits per heavy atom. The number of amides is 2. The molecule has 1 aliphatic carbocycles. The van der Waals surface area contributed by atoms with Crippen molar-refractivity contribution in [3.8, 4) is 0 Å². The zero-order valence-corrected chi connectivity index (χ0v) is 20.1. The van der Waals surface area contributed by atoms with E-state index >= 15 is 4.39 Å². The van der Waals surface area contributed by atoms with E-state index in [0.29, 0.717) is 25.4 Å². The van der Waals surface area contributed by atoms with Gasteiger partial charge < -0.3 is 15.3 Å². The fourth-order valence-electron chi connectivity index (χ4n) is 4.49. The molecule has 0 aromatic carbocycles. The molecular weight excluding hydrogens is 453 g/mol. The van der Waals surface area contributed by atoms with Crippen LogP contribution in [0.15, 0.2) is 0 Å². The third-order valence-corrected chi connectivity index (χ3v) is 6.86. The first-order valence-electron chi connectivity index (χ1n) is 11.3. The van der Waals surface area contributed by atoms with Crippen LogP contribution >= 0.6 is 11.6 Å². The van der Waals surface area contributed by atoms with Gasteiger partial charge in [0.1, 0.15) is 0 Å². The van der Waals surface area contributed by atoms with Gasteiger partial charge in [-0.1, -0.05) is 25.7 Å². The highest BCUT2D eigenvalue weighted by atomic mass is 35.5. The molecule has 1 aromatic rings. The highest BCUT2D eigenvalue weighted by Gasteiger charge is 2.34. The number of nitrogens with zero attached hydrogens (tertiary/aromatic N) is 4. The number of carboxylic acid groups (broad SMARTS) is 1. The van der Waals surface area contributed by atoms with Crippen LogP contribution in [0.5, 0.6) is 0 Å². The van der Waals surface area contributed by atoms with Crippen molar-refractivity contribution >= 4 is 35.2 Å². The fraction of sp³-hybridized carbons (Fsp3) is 0.714. The quantitative estimate of drug-likeness (QED) is 0.327. The van der Waals surface area contributed by atoms with E-state index in [-0.39, 0.29) is 29.0 Å². The van der Waals surface area contributed by atoms with Crippen LogP contribution in [0.25, 0.3) is 0 Å². The Labute approximate surface area is 198 Å². The Balaban J connectivity index is 1.70. The Morgan fingerprint density at radius 1 is 1.27 bits per heavy atom. The normalized spacial score (nSPS) is 19.8. The van der Waals surface area contributed by atoms with Crippen molar-refractivity contribution in [2.45, 2.75) is 51.5 Å². The van der Waals surface area contributed by atoms with Crippen LogP contribution < -0.4 is 21.1 Å². The van der Waals surface area contributed by atoms with E-state index in [1.54, 1.807) is 0 Å². The molecule has 2 heterocycles. The minimum absolute atomic E-state index is 0.0199. The summed E-state index contributed by atoms with van der Waals surface area (Å²) in [7, 11) is 2.02. The summed E-state index contributed by atoms with van der Waals surface area (Å²) in [5.41, 5.74) is 4.83. The molecule has 2 aliphatic rings. The van der Waals surface area contributed by atoms with Gasteiger partial charge in [0, 0.05) is 31.7 Å². The first-order valence-corrected chi connectivity index (χ1v) is 11.7. The summed E-state index contributed by atoms with van der Waals surface area (Å²) in [6.45, 7) is 5.95. The van der Waals surface area contributed by atoms with Crippen molar-refractivity contribution in [1.29, 1.82) is 0 Å². The van der Waals surface area contributed by atoms with Gasteiger partial charge in [0.05, 0.1) is 5.92 Å². The largest absolute Gasteiger partial charge is 0.465 e. The van der Waals surface area contributed by atoms with Crippen LogP contribution in [0.1, 0.15) is 46.0 Å². The number of piperazine rings is 1. The molecule has 33 heavy (non-hydrogen) atoms. The van der Waals surface area contributed by atoms with Gasteiger partial charge in [-0.05, 0) is 44.8 Å². The number of carbonyl (C=O) groups is 2. The SMILES string of the molecule is CN1CCN(c2nc(Cl)nc(NNC(=O)[C@@H](CNC(=O)O)CC3CCCC3)c2F)CC1(C)C. The first-order chi connectivity index (χ1) is 15.6. The van der Waals surface area contributed by atoms with Gasteiger partial charge in [0.2, 0.25) is 17.0 Å². The van der Waals surface area contributed by atoms with Crippen molar-refractivity contribution in [1.82, 2.24) is 25.6 Å². The van der Waals surface area contributed by atoms with Crippen molar-refractivity contribution in [2.24, 2.45) is 11.8 Å². The lowest BCUT2D eigenvalue weighted by molar-refractivity contribution is -0.124. The molecule has 1 saturated carbocycles. The van der Waals surface area contributed by atoms with Gasteiger partial charge in [0.15, 0.2) is 11.6 Å². The predicted molar refractivity (Wildman–Crippen MR) is 124 cm³/mol. The molecule has 0 spiro atoms. The molecule has 1 aromatic heterocycles. The lowest BCUT2D eigenvalue weighted by Crippen LogP contribution is -2.58. The zero-order chi connectivity index (χ0) is 24.2. The molecule has 0 bridgehead atoms. The second-order valence-electron chi connectivity index (χ2n) is 9.52. The molecule has 1 aliphatic heterocycles. The van der Waals surface area contributed by atoms with Gasteiger partial charge in [0.25, 0.3) is 0 Å². The maximum Gasteiger partial charge on any atom is 0.404 e. The number of anilines is 2. The van der Waals surface area contributed by atoms with Crippen LogP contribution in [0.2, 0.25) is 5.28 Å². The van der Waals surface area contributed by atoms with Crippen LogP contribution in [-0.4, -0.2) is 70.7 Å². The van der Waals surface area contributed by atoms with Crippen LogP contribution in [0.3, 0.4) is 0 Å². The molecule has 2 fully saturated rings. The predicted octanol–water partition coefficient (Wildman–Crippen LogP) is 2.71. The van der Waals surface area contributed by atoms with Crippen LogP contribution in [0.4, 0.5) is 20.8 Å². The fourth-order valence-corrected chi connectivity index (χ4v) is 4.65. The minimum atomic E-state index is -1.19. The number of carbonyl (C=O) groups excluding carboxylic acids is 1. The summed E-state index contributed by atoms with van der Waals surface area (Å²) in [6, 6.07) is 0. The van der Waals surface area contributed by atoms with E-state index in [0.717, 1.165) is 32.2 Å². The number of hydrogen-bond donors (Lipinski definition) is 4. The summed E-state index contributed by atoms with van der Waals surface area (Å²) in [4.78, 5) is 35.7.